The fourth-order valence-electron chi connectivity index (χ4n) is 0.402. The Morgan fingerprint density at radius 1 is 1.45 bits per heavy atom. The lowest BCUT2D eigenvalue weighted by Crippen LogP contribution is -2.44. The normalized spacial score (nSPS) is 8.45. The third-order valence-electron chi connectivity index (χ3n) is 0.735. The summed E-state index contributed by atoms with van der Waals surface area (Å²) in [5, 5.41) is -0.0399. The number of rotatable bonds is 2. The Hall–Kier alpha value is -1.17. The summed E-state index contributed by atoms with van der Waals surface area (Å²) in [6.45, 7) is 1.32. The molecule has 0 unspecified atom stereocenters. The van der Waals surface area contributed by atoms with E-state index in [0.717, 1.165) is 0 Å². The first-order chi connectivity index (χ1) is 5.02. The average molecular weight is 175 g/mol. The number of nitrogens with two attached hydrogens (primary N) is 1. The molecule has 0 radical (unpaired) electrons. The number of amides is 1. The minimum Gasteiger partial charge on any atom is -0.375 e. The lowest BCUT2D eigenvalue weighted by molar-refractivity contribution is -0.127. The van der Waals surface area contributed by atoms with Crippen LogP contribution in [0.15, 0.2) is 0 Å². The van der Waals surface area contributed by atoms with Gasteiger partial charge in [0.05, 0.1) is 6.42 Å². The van der Waals surface area contributed by atoms with Crippen molar-refractivity contribution in [3.05, 3.63) is 0 Å². The molecule has 5 nitrogen and oxygen atoms in total. The van der Waals surface area contributed by atoms with E-state index in [-0.39, 0.29) is 17.3 Å². The molecular formula is C5H9N3O2S. The molecule has 0 saturated carbocycles. The smallest absolute Gasteiger partial charge is 0.245 e. The van der Waals surface area contributed by atoms with E-state index < -0.39 is 5.91 Å². The molecule has 0 aromatic heterocycles. The molecule has 0 saturated heterocycles. The number of Topliss-reactive ketones (excluding diaryl/α,β-unsaturated/α-hetero) is 1. The van der Waals surface area contributed by atoms with Crippen LogP contribution in [-0.2, 0) is 9.59 Å². The Kier molecular flexibility index (Phi) is 4.12. The molecule has 0 aliphatic rings. The van der Waals surface area contributed by atoms with E-state index >= 15 is 0 Å². The number of hydrazine groups is 1. The SMILES string of the molecule is CC(=O)CC(=O)NNC(N)=S. The standard InChI is InChI=1S/C5H9N3O2S/c1-3(9)2-4(10)7-8-5(6)11/h2H2,1H3,(H,7,10)(H3,6,8,11). The van der Waals surface area contributed by atoms with Crippen molar-refractivity contribution in [2.45, 2.75) is 13.3 Å². The van der Waals surface area contributed by atoms with Crippen molar-refractivity contribution in [3.8, 4) is 0 Å². The molecule has 0 aromatic carbocycles. The zero-order valence-corrected chi connectivity index (χ0v) is 6.83. The lowest BCUT2D eigenvalue weighted by atomic mass is 10.3. The minimum atomic E-state index is -0.453. The van der Waals surface area contributed by atoms with E-state index in [9.17, 15) is 9.59 Å². The first-order valence-electron chi connectivity index (χ1n) is 2.86. The molecule has 0 bridgehead atoms. The largest absolute Gasteiger partial charge is 0.375 e. The Morgan fingerprint density at radius 3 is 2.36 bits per heavy atom. The topological polar surface area (TPSA) is 84.2 Å². The number of nitrogens with one attached hydrogen (secondary N) is 2. The molecule has 0 rings (SSSR count). The maximum absolute atomic E-state index is 10.6. The van der Waals surface area contributed by atoms with Crippen molar-refractivity contribution >= 4 is 29.0 Å². The van der Waals surface area contributed by atoms with E-state index in [0.29, 0.717) is 0 Å². The Labute approximate surface area is 69.3 Å². The highest BCUT2D eigenvalue weighted by Gasteiger charge is 2.02. The van der Waals surface area contributed by atoms with Crippen LogP contribution in [0.5, 0.6) is 0 Å². The monoisotopic (exact) mass is 175 g/mol. The summed E-state index contributed by atoms with van der Waals surface area (Å²) in [5.41, 5.74) is 9.34. The molecule has 1 amide bonds. The van der Waals surface area contributed by atoms with Gasteiger partial charge in [-0.15, -0.1) is 0 Å². The van der Waals surface area contributed by atoms with Gasteiger partial charge in [-0.25, -0.2) is 0 Å². The van der Waals surface area contributed by atoms with Crippen LogP contribution in [-0.4, -0.2) is 16.8 Å². The third-order valence-corrected chi connectivity index (χ3v) is 0.837. The average Bonchev–Trinajstić information content (AvgIpc) is 1.82. The number of carbonyl (C=O) groups excluding carboxylic acids is 2. The van der Waals surface area contributed by atoms with Crippen molar-refractivity contribution in [2.24, 2.45) is 5.73 Å². The summed E-state index contributed by atoms with van der Waals surface area (Å²) in [4.78, 5) is 21.0. The molecule has 4 N–H and O–H groups in total. The Balaban J connectivity index is 3.53. The van der Waals surface area contributed by atoms with Crippen molar-refractivity contribution in [1.29, 1.82) is 0 Å². The maximum Gasteiger partial charge on any atom is 0.245 e. The van der Waals surface area contributed by atoms with Crippen molar-refractivity contribution < 1.29 is 9.59 Å². The molecule has 6 heteroatoms. The van der Waals surface area contributed by atoms with Gasteiger partial charge in [0.15, 0.2) is 5.11 Å². The Bertz CT molecular complexity index is 192. The number of carbonyl (C=O) groups is 2. The van der Waals surface area contributed by atoms with Crippen LogP contribution in [0.25, 0.3) is 0 Å². The summed E-state index contributed by atoms with van der Waals surface area (Å²) < 4.78 is 0. The molecule has 0 aliphatic heterocycles. The summed E-state index contributed by atoms with van der Waals surface area (Å²) in [6, 6.07) is 0. The van der Waals surface area contributed by atoms with Gasteiger partial charge >= 0.3 is 0 Å². The molecule has 0 spiro atoms. The summed E-state index contributed by atoms with van der Waals surface area (Å²) >= 11 is 4.39. The van der Waals surface area contributed by atoms with Crippen LogP contribution in [0.4, 0.5) is 0 Å². The lowest BCUT2D eigenvalue weighted by Gasteiger charge is -2.03. The molecule has 0 aliphatic carbocycles. The van der Waals surface area contributed by atoms with Gasteiger partial charge in [0.2, 0.25) is 5.91 Å². The van der Waals surface area contributed by atoms with Gasteiger partial charge in [0.25, 0.3) is 0 Å². The zero-order chi connectivity index (χ0) is 8.85. The second kappa shape index (κ2) is 4.62. The molecule has 0 heterocycles. The van der Waals surface area contributed by atoms with Gasteiger partial charge in [-0.2, -0.15) is 0 Å². The van der Waals surface area contributed by atoms with Gasteiger partial charge < -0.3 is 5.73 Å². The molecule has 0 aromatic rings. The number of hydrogen-bond acceptors (Lipinski definition) is 3. The van der Waals surface area contributed by atoms with Crippen molar-refractivity contribution in [3.63, 3.8) is 0 Å². The number of ketones is 1. The predicted molar refractivity (Wildman–Crippen MR) is 43.4 cm³/mol. The second-order valence-electron chi connectivity index (χ2n) is 1.92. The van der Waals surface area contributed by atoms with Gasteiger partial charge in [0, 0.05) is 0 Å². The van der Waals surface area contributed by atoms with E-state index in [1.54, 1.807) is 0 Å². The highest BCUT2D eigenvalue weighted by atomic mass is 32.1. The highest BCUT2D eigenvalue weighted by Crippen LogP contribution is 1.78. The number of hydrogen-bond donors (Lipinski definition) is 3. The summed E-state index contributed by atoms with van der Waals surface area (Å²) in [7, 11) is 0. The van der Waals surface area contributed by atoms with E-state index in [1.165, 1.54) is 6.92 Å². The summed E-state index contributed by atoms with van der Waals surface area (Å²) in [6.07, 6.45) is -0.171. The molecule has 0 fully saturated rings. The fourth-order valence-corrected chi connectivity index (χ4v) is 0.453. The quantitative estimate of drug-likeness (QED) is 0.280. The third kappa shape index (κ3) is 6.72. The maximum atomic E-state index is 10.6. The second-order valence-corrected chi connectivity index (χ2v) is 2.36. The molecular weight excluding hydrogens is 166 g/mol. The van der Waals surface area contributed by atoms with Gasteiger partial charge in [-0.05, 0) is 19.1 Å². The van der Waals surface area contributed by atoms with E-state index in [4.69, 9.17) is 5.73 Å². The predicted octanol–water partition coefficient (Wildman–Crippen LogP) is -1.17. The van der Waals surface area contributed by atoms with Gasteiger partial charge in [-0.1, -0.05) is 0 Å². The fraction of sp³-hybridized carbons (Fsp3) is 0.400. The molecule has 0 atom stereocenters. The first kappa shape index (κ1) is 9.83. The minimum absolute atomic E-state index is 0.0399. The molecule has 62 valence electrons. The first-order valence-corrected chi connectivity index (χ1v) is 3.27. The van der Waals surface area contributed by atoms with Gasteiger partial charge in [-0.3, -0.25) is 20.4 Å². The Morgan fingerprint density at radius 2 is 2.00 bits per heavy atom. The van der Waals surface area contributed by atoms with Crippen LogP contribution < -0.4 is 16.6 Å². The highest BCUT2D eigenvalue weighted by molar-refractivity contribution is 7.80. The number of thiocarbonyl (C=S) groups is 1. The van der Waals surface area contributed by atoms with Crippen LogP contribution in [0, 0.1) is 0 Å². The zero-order valence-electron chi connectivity index (χ0n) is 6.01. The van der Waals surface area contributed by atoms with Crippen LogP contribution in [0.1, 0.15) is 13.3 Å². The van der Waals surface area contributed by atoms with E-state index in [2.05, 4.69) is 23.1 Å². The molecule has 11 heavy (non-hydrogen) atoms. The van der Waals surface area contributed by atoms with Crippen LogP contribution in [0.2, 0.25) is 0 Å². The van der Waals surface area contributed by atoms with Crippen LogP contribution in [0.3, 0.4) is 0 Å². The van der Waals surface area contributed by atoms with Gasteiger partial charge in [0.1, 0.15) is 5.78 Å². The van der Waals surface area contributed by atoms with Crippen molar-refractivity contribution in [1.82, 2.24) is 10.9 Å². The summed E-state index contributed by atoms with van der Waals surface area (Å²) in [5.74, 6) is -0.669. The van der Waals surface area contributed by atoms with Crippen LogP contribution >= 0.6 is 12.2 Å². The van der Waals surface area contributed by atoms with Crippen molar-refractivity contribution in [2.75, 3.05) is 0 Å². The van der Waals surface area contributed by atoms with E-state index in [1.807, 2.05) is 0 Å².